The van der Waals surface area contributed by atoms with Gasteiger partial charge in [0, 0.05) is 19.0 Å². The van der Waals surface area contributed by atoms with Crippen LogP contribution in [-0.2, 0) is 4.79 Å². The molecule has 2 unspecified atom stereocenters. The molecule has 0 aromatic rings. The average Bonchev–Trinajstić information content (AvgIpc) is 2.33. The zero-order valence-electron chi connectivity index (χ0n) is 11.1. The first-order valence-corrected chi connectivity index (χ1v) is 6.52. The van der Waals surface area contributed by atoms with Gasteiger partial charge in [-0.3, -0.25) is 4.79 Å². The normalized spacial score (nSPS) is 23.6. The Morgan fingerprint density at radius 1 is 1.21 bits per heavy atom. The molecule has 7 heteroatoms. The summed E-state index contributed by atoms with van der Waals surface area (Å²) in [7, 11) is 0. The Labute approximate surface area is 118 Å². The van der Waals surface area contributed by atoms with E-state index in [9.17, 15) is 18.0 Å². The van der Waals surface area contributed by atoms with Gasteiger partial charge in [0.05, 0.1) is 5.92 Å². The summed E-state index contributed by atoms with van der Waals surface area (Å²) in [5, 5.41) is 5.60. The Hall–Kier alpha value is -0.490. The predicted molar refractivity (Wildman–Crippen MR) is 70.3 cm³/mol. The van der Waals surface area contributed by atoms with E-state index in [1.807, 2.05) is 6.92 Å². The monoisotopic (exact) mass is 302 g/mol. The molecule has 0 spiro atoms. The van der Waals surface area contributed by atoms with Crippen LogP contribution < -0.4 is 10.6 Å². The van der Waals surface area contributed by atoms with Crippen LogP contribution in [0.5, 0.6) is 0 Å². The first-order chi connectivity index (χ1) is 8.46. The van der Waals surface area contributed by atoms with Crippen LogP contribution in [0.2, 0.25) is 0 Å². The summed E-state index contributed by atoms with van der Waals surface area (Å²) in [5.74, 6) is -2.82. The molecule has 1 aliphatic carbocycles. The molecule has 0 aromatic heterocycles. The molecule has 1 fully saturated rings. The van der Waals surface area contributed by atoms with Crippen molar-refractivity contribution in [1.82, 2.24) is 10.6 Å². The van der Waals surface area contributed by atoms with Gasteiger partial charge in [0.25, 0.3) is 0 Å². The minimum absolute atomic E-state index is 0. The van der Waals surface area contributed by atoms with E-state index in [4.69, 9.17) is 0 Å². The maximum atomic E-state index is 12.8. The van der Waals surface area contributed by atoms with E-state index >= 15 is 0 Å². The molecule has 0 heterocycles. The number of carbonyl (C=O) groups excluding carboxylic acids is 1. The van der Waals surface area contributed by atoms with Crippen LogP contribution in [0.15, 0.2) is 0 Å². The van der Waals surface area contributed by atoms with Crippen molar-refractivity contribution in [2.45, 2.75) is 38.8 Å². The van der Waals surface area contributed by atoms with Gasteiger partial charge in [-0.05, 0) is 19.4 Å². The zero-order valence-corrected chi connectivity index (χ0v) is 11.9. The second-order valence-electron chi connectivity index (χ2n) is 4.68. The van der Waals surface area contributed by atoms with Gasteiger partial charge in [-0.25, -0.2) is 0 Å². The fourth-order valence-corrected chi connectivity index (χ4v) is 2.42. The van der Waals surface area contributed by atoms with Crippen molar-refractivity contribution >= 4 is 18.3 Å². The van der Waals surface area contributed by atoms with E-state index < -0.39 is 23.9 Å². The van der Waals surface area contributed by atoms with Crippen molar-refractivity contribution in [3.63, 3.8) is 0 Å². The van der Waals surface area contributed by atoms with E-state index in [1.54, 1.807) is 0 Å². The van der Waals surface area contributed by atoms with E-state index in [1.165, 1.54) is 0 Å². The lowest BCUT2D eigenvalue weighted by atomic mass is 9.78. The molecule has 3 nitrogen and oxygen atoms in total. The molecular formula is C12H22ClF3N2O. The van der Waals surface area contributed by atoms with Crippen molar-refractivity contribution in [3.05, 3.63) is 0 Å². The number of carbonyl (C=O) groups is 1. The fraction of sp³-hybridized carbons (Fsp3) is 0.917. The van der Waals surface area contributed by atoms with Crippen LogP contribution >= 0.6 is 12.4 Å². The SMILES string of the molecule is CCNCCNC(=O)C1CCCCC1C(F)(F)F.Cl. The first kappa shape index (κ1) is 18.5. The molecule has 0 aliphatic heterocycles. The van der Waals surface area contributed by atoms with Crippen LogP contribution in [0.25, 0.3) is 0 Å². The van der Waals surface area contributed by atoms with Crippen LogP contribution in [0.1, 0.15) is 32.6 Å². The minimum Gasteiger partial charge on any atom is -0.355 e. The highest BCUT2D eigenvalue weighted by Gasteiger charge is 2.47. The first-order valence-electron chi connectivity index (χ1n) is 6.52. The lowest BCUT2D eigenvalue weighted by Gasteiger charge is -2.32. The lowest BCUT2D eigenvalue weighted by molar-refractivity contribution is -0.198. The number of likely N-dealkylation sites (N-methyl/N-ethyl adjacent to an activating group) is 1. The third kappa shape index (κ3) is 5.99. The van der Waals surface area contributed by atoms with Crippen molar-refractivity contribution in [2.75, 3.05) is 19.6 Å². The maximum Gasteiger partial charge on any atom is 0.392 e. The highest BCUT2D eigenvalue weighted by molar-refractivity contribution is 5.85. The quantitative estimate of drug-likeness (QED) is 0.766. The van der Waals surface area contributed by atoms with Gasteiger partial charge < -0.3 is 10.6 Å². The van der Waals surface area contributed by atoms with Gasteiger partial charge in [-0.2, -0.15) is 13.2 Å². The van der Waals surface area contributed by atoms with Crippen LogP contribution in [-0.4, -0.2) is 31.7 Å². The number of hydrogen-bond acceptors (Lipinski definition) is 2. The van der Waals surface area contributed by atoms with Crippen LogP contribution in [0.4, 0.5) is 13.2 Å². The smallest absolute Gasteiger partial charge is 0.355 e. The molecule has 2 atom stereocenters. The van der Waals surface area contributed by atoms with Gasteiger partial charge in [0.15, 0.2) is 0 Å². The Morgan fingerprint density at radius 2 is 1.84 bits per heavy atom. The van der Waals surface area contributed by atoms with Crippen LogP contribution in [0.3, 0.4) is 0 Å². The molecule has 1 aliphatic rings. The third-order valence-electron chi connectivity index (χ3n) is 3.37. The molecular weight excluding hydrogens is 281 g/mol. The molecule has 1 rings (SSSR count). The van der Waals surface area contributed by atoms with E-state index in [2.05, 4.69) is 10.6 Å². The van der Waals surface area contributed by atoms with Crippen LogP contribution in [0, 0.1) is 11.8 Å². The Balaban J connectivity index is 0.00000324. The van der Waals surface area contributed by atoms with E-state index in [0.29, 0.717) is 32.4 Å². The maximum absolute atomic E-state index is 12.8. The predicted octanol–water partition coefficient (Wildman–Crippen LogP) is 2.50. The topological polar surface area (TPSA) is 41.1 Å². The third-order valence-corrected chi connectivity index (χ3v) is 3.37. The van der Waals surface area contributed by atoms with E-state index in [-0.39, 0.29) is 18.8 Å². The number of amides is 1. The highest BCUT2D eigenvalue weighted by atomic mass is 35.5. The fourth-order valence-electron chi connectivity index (χ4n) is 2.42. The van der Waals surface area contributed by atoms with Gasteiger partial charge in [-0.15, -0.1) is 12.4 Å². The summed E-state index contributed by atoms with van der Waals surface area (Å²) >= 11 is 0. The minimum atomic E-state index is -4.26. The summed E-state index contributed by atoms with van der Waals surface area (Å²) in [5.41, 5.74) is 0. The Bertz CT molecular complexity index is 274. The number of alkyl halides is 3. The molecule has 19 heavy (non-hydrogen) atoms. The second kappa shape index (κ2) is 8.64. The summed E-state index contributed by atoms with van der Waals surface area (Å²) in [6.45, 7) is 3.69. The summed E-state index contributed by atoms with van der Waals surface area (Å²) in [4.78, 5) is 11.8. The molecule has 1 saturated carbocycles. The molecule has 0 saturated heterocycles. The van der Waals surface area contributed by atoms with Gasteiger partial charge in [-0.1, -0.05) is 19.8 Å². The number of halogens is 4. The molecule has 0 radical (unpaired) electrons. The standard InChI is InChI=1S/C12H21F3N2O.ClH/c1-2-16-7-8-17-11(18)9-5-3-4-6-10(9)12(13,14)15;/h9-10,16H,2-8H2,1H3,(H,17,18);1H. The van der Waals surface area contributed by atoms with Crippen molar-refractivity contribution in [2.24, 2.45) is 11.8 Å². The molecule has 0 bridgehead atoms. The van der Waals surface area contributed by atoms with Crippen molar-refractivity contribution < 1.29 is 18.0 Å². The molecule has 114 valence electrons. The molecule has 0 aromatic carbocycles. The Morgan fingerprint density at radius 3 is 2.42 bits per heavy atom. The number of rotatable bonds is 5. The van der Waals surface area contributed by atoms with Gasteiger partial charge in [0.2, 0.25) is 5.91 Å². The Kier molecular flexibility index (Phi) is 8.41. The van der Waals surface area contributed by atoms with Crippen molar-refractivity contribution in [3.8, 4) is 0 Å². The van der Waals surface area contributed by atoms with Crippen molar-refractivity contribution in [1.29, 1.82) is 0 Å². The van der Waals surface area contributed by atoms with E-state index in [0.717, 1.165) is 6.54 Å². The largest absolute Gasteiger partial charge is 0.392 e. The van der Waals surface area contributed by atoms with Gasteiger partial charge >= 0.3 is 6.18 Å². The molecule has 1 amide bonds. The lowest BCUT2D eigenvalue weighted by Crippen LogP contribution is -2.44. The zero-order chi connectivity index (χ0) is 13.6. The summed E-state index contributed by atoms with van der Waals surface area (Å²) in [6.07, 6.45) is -2.57. The number of nitrogens with one attached hydrogen (secondary N) is 2. The highest BCUT2D eigenvalue weighted by Crippen LogP contribution is 2.41. The summed E-state index contributed by atoms with van der Waals surface area (Å²) in [6, 6.07) is 0. The number of hydrogen-bond donors (Lipinski definition) is 2. The second-order valence-corrected chi connectivity index (χ2v) is 4.68. The van der Waals surface area contributed by atoms with Gasteiger partial charge in [0.1, 0.15) is 0 Å². The molecule has 2 N–H and O–H groups in total. The summed E-state index contributed by atoms with van der Waals surface area (Å²) < 4.78 is 38.4. The average molecular weight is 303 g/mol.